The maximum atomic E-state index is 11.0. The van der Waals surface area contributed by atoms with Crippen LogP contribution in [0.3, 0.4) is 0 Å². The molecule has 0 saturated carbocycles. The molecule has 0 aromatic carbocycles. The number of likely N-dealkylation sites (N-methyl/N-ethyl adjacent to an activating group) is 1. The van der Waals surface area contributed by atoms with Gasteiger partial charge in [-0.25, -0.2) is 4.79 Å². The quantitative estimate of drug-likeness (QED) is 0.503. The van der Waals surface area contributed by atoms with Crippen molar-refractivity contribution in [3.8, 4) is 0 Å². The van der Waals surface area contributed by atoms with Crippen molar-refractivity contribution in [2.24, 2.45) is 0 Å². The lowest BCUT2D eigenvalue weighted by molar-refractivity contribution is -0.148. The van der Waals surface area contributed by atoms with Gasteiger partial charge < -0.3 is 14.7 Å². The highest BCUT2D eigenvalue weighted by atomic mass is 16.5. The summed E-state index contributed by atoms with van der Waals surface area (Å²) in [6.45, 7) is 0. The average molecular weight is 173 g/mol. The number of hydrogen-bond acceptors (Lipinski definition) is 4. The SMILES string of the molecule is COC(=O)[C@@H]1C[C@@H](O)C(=O)N1C. The topological polar surface area (TPSA) is 66.8 Å². The third kappa shape index (κ3) is 1.27. The Bertz CT molecular complexity index is 215. The molecule has 0 aliphatic carbocycles. The molecule has 1 fully saturated rings. The van der Waals surface area contributed by atoms with Crippen LogP contribution in [-0.2, 0) is 14.3 Å². The molecular weight excluding hydrogens is 162 g/mol. The van der Waals surface area contributed by atoms with Crippen LogP contribution in [0.25, 0.3) is 0 Å². The van der Waals surface area contributed by atoms with Gasteiger partial charge in [0.05, 0.1) is 7.11 Å². The van der Waals surface area contributed by atoms with E-state index >= 15 is 0 Å². The molecule has 2 atom stereocenters. The molecule has 0 aromatic rings. The zero-order valence-electron chi connectivity index (χ0n) is 6.98. The zero-order chi connectivity index (χ0) is 9.30. The first-order chi connectivity index (χ1) is 5.57. The summed E-state index contributed by atoms with van der Waals surface area (Å²) in [5.74, 6) is -0.909. The lowest BCUT2D eigenvalue weighted by atomic mass is 10.2. The second-order valence-electron chi connectivity index (χ2n) is 2.74. The first kappa shape index (κ1) is 8.99. The van der Waals surface area contributed by atoms with Crippen LogP contribution in [0.5, 0.6) is 0 Å². The number of esters is 1. The largest absolute Gasteiger partial charge is 0.467 e. The van der Waals surface area contributed by atoms with Crippen LogP contribution in [0.2, 0.25) is 0 Å². The van der Waals surface area contributed by atoms with E-state index in [9.17, 15) is 9.59 Å². The fourth-order valence-corrected chi connectivity index (χ4v) is 1.25. The number of carbonyl (C=O) groups excluding carboxylic acids is 2. The molecule has 12 heavy (non-hydrogen) atoms. The predicted molar refractivity (Wildman–Crippen MR) is 39.2 cm³/mol. The van der Waals surface area contributed by atoms with E-state index in [1.54, 1.807) is 0 Å². The molecule has 68 valence electrons. The Balaban J connectivity index is 2.71. The Morgan fingerprint density at radius 1 is 1.75 bits per heavy atom. The Kier molecular flexibility index (Phi) is 2.32. The number of likely N-dealkylation sites (tertiary alicyclic amines) is 1. The zero-order valence-corrected chi connectivity index (χ0v) is 6.98. The summed E-state index contributed by atoms with van der Waals surface area (Å²) in [7, 11) is 2.73. The Morgan fingerprint density at radius 2 is 2.33 bits per heavy atom. The number of rotatable bonds is 1. The van der Waals surface area contributed by atoms with Gasteiger partial charge in [-0.2, -0.15) is 0 Å². The maximum Gasteiger partial charge on any atom is 0.328 e. The third-order valence-electron chi connectivity index (χ3n) is 2.02. The third-order valence-corrected chi connectivity index (χ3v) is 2.02. The van der Waals surface area contributed by atoms with Crippen molar-refractivity contribution in [2.45, 2.75) is 18.6 Å². The summed E-state index contributed by atoms with van der Waals surface area (Å²) in [5, 5.41) is 9.08. The first-order valence-corrected chi connectivity index (χ1v) is 3.60. The fourth-order valence-electron chi connectivity index (χ4n) is 1.25. The standard InChI is InChI=1S/C7H11NO4/c1-8-4(7(11)12-2)3-5(9)6(8)10/h4-5,9H,3H2,1-2H3/t4-,5+/m0/s1. The van der Waals surface area contributed by atoms with Gasteiger partial charge in [0, 0.05) is 13.5 Å². The highest BCUT2D eigenvalue weighted by Gasteiger charge is 2.40. The number of carbonyl (C=O) groups is 2. The van der Waals surface area contributed by atoms with Crippen molar-refractivity contribution in [3.63, 3.8) is 0 Å². The molecule has 0 unspecified atom stereocenters. The van der Waals surface area contributed by atoms with Crippen molar-refractivity contribution < 1.29 is 19.4 Å². The number of aliphatic hydroxyl groups is 1. The Labute approximate surface area is 69.9 Å². The number of nitrogens with zero attached hydrogens (tertiary/aromatic N) is 1. The summed E-state index contributed by atoms with van der Waals surface area (Å²) in [6, 6.07) is -0.627. The minimum absolute atomic E-state index is 0.127. The minimum Gasteiger partial charge on any atom is -0.467 e. The van der Waals surface area contributed by atoms with Gasteiger partial charge in [0.1, 0.15) is 12.1 Å². The van der Waals surface area contributed by atoms with Crippen LogP contribution in [-0.4, -0.2) is 48.2 Å². The summed E-state index contributed by atoms with van der Waals surface area (Å²) >= 11 is 0. The van der Waals surface area contributed by atoms with E-state index in [4.69, 9.17) is 5.11 Å². The smallest absolute Gasteiger partial charge is 0.328 e. The van der Waals surface area contributed by atoms with Gasteiger partial charge in [-0.15, -0.1) is 0 Å². The Hall–Kier alpha value is -1.10. The summed E-state index contributed by atoms with van der Waals surface area (Å²) < 4.78 is 4.46. The number of aliphatic hydroxyl groups excluding tert-OH is 1. The van der Waals surface area contributed by atoms with Gasteiger partial charge in [-0.3, -0.25) is 4.79 Å². The van der Waals surface area contributed by atoms with Crippen LogP contribution in [0.15, 0.2) is 0 Å². The van der Waals surface area contributed by atoms with Gasteiger partial charge in [0.15, 0.2) is 0 Å². The molecule has 1 rings (SSSR count). The van der Waals surface area contributed by atoms with Crippen LogP contribution >= 0.6 is 0 Å². The molecule has 0 bridgehead atoms. The lowest BCUT2D eigenvalue weighted by Gasteiger charge is -2.15. The first-order valence-electron chi connectivity index (χ1n) is 3.60. The second-order valence-corrected chi connectivity index (χ2v) is 2.74. The monoisotopic (exact) mass is 173 g/mol. The molecule has 1 amide bonds. The number of hydrogen-bond donors (Lipinski definition) is 1. The molecule has 0 aromatic heterocycles. The van der Waals surface area contributed by atoms with Gasteiger partial charge in [0.25, 0.3) is 5.91 Å². The number of amides is 1. The molecule has 1 aliphatic rings. The molecule has 0 spiro atoms. The van der Waals surface area contributed by atoms with Crippen LogP contribution in [0.1, 0.15) is 6.42 Å². The lowest BCUT2D eigenvalue weighted by Crippen LogP contribution is -2.36. The van der Waals surface area contributed by atoms with Crippen molar-refractivity contribution >= 4 is 11.9 Å². The maximum absolute atomic E-state index is 11.0. The van der Waals surface area contributed by atoms with E-state index in [-0.39, 0.29) is 6.42 Å². The number of ether oxygens (including phenoxy) is 1. The molecule has 1 saturated heterocycles. The van der Waals surface area contributed by atoms with Crippen LogP contribution in [0.4, 0.5) is 0 Å². The van der Waals surface area contributed by atoms with E-state index < -0.39 is 24.0 Å². The van der Waals surface area contributed by atoms with E-state index in [0.717, 1.165) is 0 Å². The van der Waals surface area contributed by atoms with E-state index in [1.807, 2.05) is 0 Å². The summed E-state index contributed by atoms with van der Waals surface area (Å²) in [5.41, 5.74) is 0. The molecule has 1 aliphatic heterocycles. The summed E-state index contributed by atoms with van der Waals surface area (Å²) in [4.78, 5) is 23.2. The molecule has 0 radical (unpaired) electrons. The molecule has 5 heteroatoms. The highest BCUT2D eigenvalue weighted by molar-refractivity contribution is 5.90. The van der Waals surface area contributed by atoms with Gasteiger partial charge in [-0.05, 0) is 0 Å². The predicted octanol–water partition coefficient (Wildman–Crippen LogP) is -1.25. The fraction of sp³-hybridized carbons (Fsp3) is 0.714. The van der Waals surface area contributed by atoms with Gasteiger partial charge in [-0.1, -0.05) is 0 Å². The normalized spacial score (nSPS) is 29.2. The minimum atomic E-state index is -1.06. The van der Waals surface area contributed by atoms with Gasteiger partial charge >= 0.3 is 5.97 Å². The average Bonchev–Trinajstić information content (AvgIpc) is 2.32. The molecule has 1 heterocycles. The highest BCUT2D eigenvalue weighted by Crippen LogP contribution is 2.17. The van der Waals surface area contributed by atoms with Crippen molar-refractivity contribution in [2.75, 3.05) is 14.2 Å². The van der Waals surface area contributed by atoms with Crippen LogP contribution < -0.4 is 0 Å². The molecule has 1 N–H and O–H groups in total. The van der Waals surface area contributed by atoms with E-state index in [0.29, 0.717) is 0 Å². The van der Waals surface area contributed by atoms with E-state index in [1.165, 1.54) is 19.1 Å². The molecular formula is C7H11NO4. The van der Waals surface area contributed by atoms with Gasteiger partial charge in [0.2, 0.25) is 0 Å². The number of methoxy groups -OCH3 is 1. The Morgan fingerprint density at radius 3 is 2.67 bits per heavy atom. The van der Waals surface area contributed by atoms with Crippen LogP contribution in [0, 0.1) is 0 Å². The summed E-state index contributed by atoms with van der Waals surface area (Å²) in [6.07, 6.45) is -0.929. The van der Waals surface area contributed by atoms with Crippen molar-refractivity contribution in [1.82, 2.24) is 4.90 Å². The van der Waals surface area contributed by atoms with E-state index in [2.05, 4.69) is 4.74 Å². The second kappa shape index (κ2) is 3.10. The van der Waals surface area contributed by atoms with Crippen molar-refractivity contribution in [1.29, 1.82) is 0 Å². The molecule has 5 nitrogen and oxygen atoms in total. The van der Waals surface area contributed by atoms with Crippen molar-refractivity contribution in [3.05, 3.63) is 0 Å².